The fourth-order valence-electron chi connectivity index (χ4n) is 2.77. The predicted molar refractivity (Wildman–Crippen MR) is 96.2 cm³/mol. The number of rotatable bonds is 8. The second kappa shape index (κ2) is 9.17. The van der Waals surface area contributed by atoms with E-state index in [0.29, 0.717) is 31.7 Å². The molecule has 1 amide bonds. The van der Waals surface area contributed by atoms with Crippen molar-refractivity contribution >= 4 is 21.6 Å². The lowest BCUT2D eigenvalue weighted by Crippen LogP contribution is -2.45. The molecule has 0 spiro atoms. The molecule has 0 aromatic heterocycles. The third-order valence-electron chi connectivity index (χ3n) is 4.13. The minimum absolute atomic E-state index is 0.0588. The zero-order chi connectivity index (χ0) is 18.3. The summed E-state index contributed by atoms with van der Waals surface area (Å²) in [7, 11) is -1.91. The Morgan fingerprint density at radius 1 is 1.32 bits per heavy atom. The van der Waals surface area contributed by atoms with Gasteiger partial charge in [0.05, 0.1) is 24.9 Å². The molecule has 1 aromatic carbocycles. The van der Waals surface area contributed by atoms with Crippen molar-refractivity contribution in [1.29, 1.82) is 0 Å². The summed E-state index contributed by atoms with van der Waals surface area (Å²) < 4.78 is 36.2. The van der Waals surface area contributed by atoms with Crippen LogP contribution in [-0.2, 0) is 19.6 Å². The van der Waals surface area contributed by atoms with Gasteiger partial charge in [-0.15, -0.1) is 0 Å². The van der Waals surface area contributed by atoms with Crippen LogP contribution in [0.2, 0.25) is 0 Å². The number of methoxy groups -OCH3 is 1. The van der Waals surface area contributed by atoms with Crippen LogP contribution in [0.25, 0.3) is 0 Å². The molecule has 0 aliphatic carbocycles. The maximum Gasteiger partial charge on any atom is 0.228 e. The van der Waals surface area contributed by atoms with Crippen LogP contribution in [0, 0.1) is 5.92 Å². The summed E-state index contributed by atoms with van der Waals surface area (Å²) in [4.78, 5) is 12.5. The van der Waals surface area contributed by atoms with Crippen molar-refractivity contribution < 1.29 is 22.7 Å². The molecular weight excluding hydrogens is 344 g/mol. The molecule has 1 aliphatic heterocycles. The van der Waals surface area contributed by atoms with Crippen molar-refractivity contribution in [1.82, 2.24) is 4.31 Å². The lowest BCUT2D eigenvalue weighted by molar-refractivity contribution is -0.120. The number of hydrogen-bond donors (Lipinski definition) is 1. The molecule has 1 aromatic rings. The van der Waals surface area contributed by atoms with E-state index in [9.17, 15) is 13.2 Å². The summed E-state index contributed by atoms with van der Waals surface area (Å²) in [5.41, 5.74) is 0.674. The zero-order valence-electron chi connectivity index (χ0n) is 14.7. The minimum atomic E-state index is -3.38. The van der Waals surface area contributed by atoms with E-state index < -0.39 is 10.0 Å². The van der Waals surface area contributed by atoms with Gasteiger partial charge in [-0.2, -0.15) is 0 Å². The molecule has 2 rings (SSSR count). The molecule has 0 bridgehead atoms. The maximum absolute atomic E-state index is 12.5. The zero-order valence-corrected chi connectivity index (χ0v) is 15.5. The number of amides is 1. The summed E-state index contributed by atoms with van der Waals surface area (Å²) in [6.45, 7) is 3.32. The van der Waals surface area contributed by atoms with Gasteiger partial charge in [-0.1, -0.05) is 0 Å². The average Bonchev–Trinajstić information content (AvgIpc) is 2.62. The molecule has 8 heteroatoms. The minimum Gasteiger partial charge on any atom is -0.494 e. The van der Waals surface area contributed by atoms with Gasteiger partial charge in [-0.05, 0) is 44.0 Å². The standard InChI is InChI=1S/C17H26N2O5S/c1-3-24-16-8-6-15(7-9-16)18-17(20)14-5-4-10-19(13-14)25(21,22)12-11-23-2/h6-9,14H,3-5,10-13H2,1-2H3,(H,18,20). The van der Waals surface area contributed by atoms with Gasteiger partial charge in [0.15, 0.2) is 0 Å². The highest BCUT2D eigenvalue weighted by Gasteiger charge is 2.32. The summed E-state index contributed by atoms with van der Waals surface area (Å²) in [6, 6.07) is 7.14. The number of benzene rings is 1. The van der Waals surface area contributed by atoms with E-state index in [2.05, 4.69) is 5.32 Å². The first kappa shape index (κ1) is 19.7. The van der Waals surface area contributed by atoms with E-state index in [1.807, 2.05) is 6.92 Å². The molecule has 7 nitrogen and oxygen atoms in total. The Bertz CT molecular complexity index is 660. The van der Waals surface area contributed by atoms with Gasteiger partial charge in [0.2, 0.25) is 15.9 Å². The van der Waals surface area contributed by atoms with Crippen molar-refractivity contribution in [2.45, 2.75) is 19.8 Å². The van der Waals surface area contributed by atoms with Crippen LogP contribution in [0.5, 0.6) is 5.75 Å². The van der Waals surface area contributed by atoms with Crippen LogP contribution < -0.4 is 10.1 Å². The van der Waals surface area contributed by atoms with E-state index in [1.165, 1.54) is 11.4 Å². The van der Waals surface area contributed by atoms with Gasteiger partial charge in [-0.3, -0.25) is 4.79 Å². The Hall–Kier alpha value is -1.64. The molecule has 1 saturated heterocycles. The largest absolute Gasteiger partial charge is 0.494 e. The quantitative estimate of drug-likeness (QED) is 0.753. The summed E-state index contributed by atoms with van der Waals surface area (Å²) in [6.07, 6.45) is 1.35. The van der Waals surface area contributed by atoms with Crippen LogP contribution in [0.1, 0.15) is 19.8 Å². The van der Waals surface area contributed by atoms with E-state index in [-0.39, 0.29) is 30.7 Å². The van der Waals surface area contributed by atoms with Crippen LogP contribution in [0.4, 0.5) is 5.69 Å². The van der Waals surface area contributed by atoms with Crippen LogP contribution in [-0.4, -0.2) is 57.8 Å². The number of carbonyl (C=O) groups is 1. The van der Waals surface area contributed by atoms with E-state index in [1.54, 1.807) is 24.3 Å². The molecule has 1 aliphatic rings. The number of nitrogens with one attached hydrogen (secondary N) is 1. The Morgan fingerprint density at radius 3 is 2.68 bits per heavy atom. The molecule has 1 fully saturated rings. The van der Waals surface area contributed by atoms with Gasteiger partial charge in [0.25, 0.3) is 0 Å². The lowest BCUT2D eigenvalue weighted by atomic mass is 9.99. The number of carbonyl (C=O) groups excluding carboxylic acids is 1. The van der Waals surface area contributed by atoms with Crippen molar-refractivity contribution in [2.75, 3.05) is 44.5 Å². The molecule has 1 N–H and O–H groups in total. The van der Waals surface area contributed by atoms with Crippen molar-refractivity contribution in [3.05, 3.63) is 24.3 Å². The summed E-state index contributed by atoms with van der Waals surface area (Å²) in [5.74, 6) is 0.179. The molecule has 1 atom stereocenters. The summed E-state index contributed by atoms with van der Waals surface area (Å²) in [5, 5.41) is 2.86. The van der Waals surface area contributed by atoms with E-state index in [4.69, 9.17) is 9.47 Å². The van der Waals surface area contributed by atoms with Gasteiger partial charge in [-0.25, -0.2) is 12.7 Å². The molecule has 1 unspecified atom stereocenters. The van der Waals surface area contributed by atoms with Crippen LogP contribution in [0.15, 0.2) is 24.3 Å². The van der Waals surface area contributed by atoms with E-state index in [0.717, 1.165) is 5.75 Å². The SMILES string of the molecule is CCOc1ccc(NC(=O)C2CCCN(S(=O)(=O)CCOC)C2)cc1. The highest BCUT2D eigenvalue weighted by Crippen LogP contribution is 2.22. The average molecular weight is 370 g/mol. The number of sulfonamides is 1. The summed E-state index contributed by atoms with van der Waals surface area (Å²) >= 11 is 0. The molecule has 0 saturated carbocycles. The molecule has 1 heterocycles. The van der Waals surface area contributed by atoms with Crippen LogP contribution >= 0.6 is 0 Å². The van der Waals surface area contributed by atoms with Gasteiger partial charge >= 0.3 is 0 Å². The van der Waals surface area contributed by atoms with Gasteiger partial charge in [0, 0.05) is 25.9 Å². The number of ether oxygens (including phenoxy) is 2. The number of hydrogen-bond acceptors (Lipinski definition) is 5. The third kappa shape index (κ3) is 5.69. The Balaban J connectivity index is 1.94. The first-order valence-electron chi connectivity index (χ1n) is 8.46. The predicted octanol–water partition coefficient (Wildman–Crippen LogP) is 1.71. The Morgan fingerprint density at radius 2 is 2.04 bits per heavy atom. The molecular formula is C17H26N2O5S. The first-order valence-corrected chi connectivity index (χ1v) is 10.1. The maximum atomic E-state index is 12.5. The lowest BCUT2D eigenvalue weighted by Gasteiger charge is -2.31. The Labute approximate surface area is 149 Å². The van der Waals surface area contributed by atoms with Gasteiger partial charge < -0.3 is 14.8 Å². The highest BCUT2D eigenvalue weighted by atomic mass is 32.2. The topological polar surface area (TPSA) is 84.9 Å². The number of piperidine rings is 1. The van der Waals surface area contributed by atoms with Gasteiger partial charge in [0.1, 0.15) is 5.75 Å². The number of anilines is 1. The third-order valence-corrected chi connectivity index (χ3v) is 5.93. The molecule has 0 radical (unpaired) electrons. The van der Waals surface area contributed by atoms with Crippen molar-refractivity contribution in [3.63, 3.8) is 0 Å². The highest BCUT2D eigenvalue weighted by molar-refractivity contribution is 7.89. The monoisotopic (exact) mass is 370 g/mol. The Kier molecular flexibility index (Phi) is 7.22. The smallest absolute Gasteiger partial charge is 0.228 e. The molecule has 25 heavy (non-hydrogen) atoms. The normalized spacial score (nSPS) is 18.7. The second-order valence-electron chi connectivity index (χ2n) is 5.95. The fourth-order valence-corrected chi connectivity index (χ4v) is 4.22. The first-order chi connectivity index (χ1) is 12.0. The van der Waals surface area contributed by atoms with Crippen molar-refractivity contribution in [3.8, 4) is 5.75 Å². The fraction of sp³-hybridized carbons (Fsp3) is 0.588. The van der Waals surface area contributed by atoms with Crippen molar-refractivity contribution in [2.24, 2.45) is 5.92 Å². The molecule has 140 valence electrons. The number of nitrogens with zero attached hydrogens (tertiary/aromatic N) is 1. The second-order valence-corrected chi connectivity index (χ2v) is 8.04. The van der Waals surface area contributed by atoms with Crippen LogP contribution in [0.3, 0.4) is 0 Å². The van der Waals surface area contributed by atoms with E-state index >= 15 is 0 Å².